The number of ether oxygens (including phenoxy) is 1. The van der Waals surface area contributed by atoms with Crippen LogP contribution in [0.2, 0.25) is 0 Å². The smallest absolute Gasteiger partial charge is 0.0960 e. The van der Waals surface area contributed by atoms with Crippen molar-refractivity contribution in [2.45, 2.75) is 52.2 Å². The molecule has 202 valence electrons. The van der Waals surface area contributed by atoms with E-state index in [0.29, 0.717) is 18.0 Å². The molecule has 1 aliphatic heterocycles. The molecule has 2 aromatic carbocycles. The molecule has 0 bridgehead atoms. The summed E-state index contributed by atoms with van der Waals surface area (Å²) in [6, 6.07) is 20.6. The summed E-state index contributed by atoms with van der Waals surface area (Å²) in [6.07, 6.45) is 4.55. The van der Waals surface area contributed by atoms with Crippen molar-refractivity contribution in [1.29, 1.82) is 0 Å². The van der Waals surface area contributed by atoms with Crippen molar-refractivity contribution in [2.24, 2.45) is 17.5 Å². The van der Waals surface area contributed by atoms with Gasteiger partial charge in [-0.1, -0.05) is 42.5 Å². The number of benzene rings is 2. The highest BCUT2D eigenvalue weighted by molar-refractivity contribution is 6.06. The van der Waals surface area contributed by atoms with E-state index >= 15 is 0 Å². The van der Waals surface area contributed by atoms with Crippen molar-refractivity contribution < 1.29 is 9.84 Å². The molecule has 0 radical (unpaired) electrons. The molecule has 38 heavy (non-hydrogen) atoms. The second-order valence-corrected chi connectivity index (χ2v) is 10.9. The average Bonchev–Trinajstić information content (AvgIpc) is 3.17. The topological polar surface area (TPSA) is 103 Å². The number of aromatic nitrogens is 2. The minimum atomic E-state index is -0.765. The van der Waals surface area contributed by atoms with Crippen molar-refractivity contribution >= 4 is 27.6 Å². The summed E-state index contributed by atoms with van der Waals surface area (Å²) in [5, 5.41) is 13.0. The van der Waals surface area contributed by atoms with Crippen LogP contribution in [-0.4, -0.2) is 45.5 Å². The Morgan fingerprint density at radius 3 is 2.26 bits per heavy atom. The predicted octanol–water partition coefficient (Wildman–Crippen LogP) is 5.07. The normalized spacial score (nSPS) is 15.2. The summed E-state index contributed by atoms with van der Waals surface area (Å²) in [5.74, 6) is 6.64. The van der Waals surface area contributed by atoms with Gasteiger partial charge in [0.1, 0.15) is 0 Å². The number of hydrogen-bond donors (Lipinski definition) is 3. The van der Waals surface area contributed by atoms with Crippen molar-refractivity contribution in [3.63, 3.8) is 0 Å². The lowest BCUT2D eigenvalue weighted by Gasteiger charge is -2.23. The Labute approximate surface area is 225 Å². The molecule has 0 unspecified atom stereocenters. The van der Waals surface area contributed by atoms with E-state index in [-0.39, 0.29) is 0 Å². The standard InChI is InChI=1S/C25H35N5O2.C6H6/c1-16(26)24(29(4)27)19-12-22-23(28-14-19)20-11-18(13-25(2,3)31)5-6-21(20)30(22)15-17-7-9-32-10-8-17;1-2-4-6-5-3-1/h5-6,11-12,14,17,31H,7-10,13,15,26-27H2,1-4H3;1-6H/b24-16-;. The summed E-state index contributed by atoms with van der Waals surface area (Å²) in [6.45, 7) is 8.07. The third-order valence-electron chi connectivity index (χ3n) is 6.85. The Hall–Kier alpha value is -3.39. The molecule has 0 amide bonds. The van der Waals surface area contributed by atoms with Gasteiger partial charge in [0.15, 0.2) is 0 Å². The molecule has 2 aromatic heterocycles. The van der Waals surface area contributed by atoms with Gasteiger partial charge >= 0.3 is 0 Å². The third-order valence-corrected chi connectivity index (χ3v) is 6.85. The summed E-state index contributed by atoms with van der Waals surface area (Å²) in [4.78, 5) is 4.87. The van der Waals surface area contributed by atoms with Gasteiger partial charge in [-0.2, -0.15) is 0 Å². The van der Waals surface area contributed by atoms with Gasteiger partial charge in [0.2, 0.25) is 0 Å². The summed E-state index contributed by atoms with van der Waals surface area (Å²) < 4.78 is 7.95. The molecule has 0 saturated carbocycles. The maximum atomic E-state index is 10.3. The van der Waals surface area contributed by atoms with E-state index < -0.39 is 5.60 Å². The van der Waals surface area contributed by atoms with E-state index in [1.807, 2.05) is 63.4 Å². The largest absolute Gasteiger partial charge is 0.401 e. The van der Waals surface area contributed by atoms with Crippen LogP contribution >= 0.6 is 0 Å². The highest BCUT2D eigenvalue weighted by atomic mass is 16.5. The van der Waals surface area contributed by atoms with Gasteiger partial charge in [-0.15, -0.1) is 0 Å². The number of hydrazine groups is 1. The van der Waals surface area contributed by atoms with Gasteiger partial charge in [0.25, 0.3) is 0 Å². The molecule has 1 aliphatic rings. The van der Waals surface area contributed by atoms with Crippen molar-refractivity contribution in [3.8, 4) is 0 Å². The number of aliphatic hydroxyl groups is 1. The van der Waals surface area contributed by atoms with Crippen LogP contribution in [0.4, 0.5) is 0 Å². The van der Waals surface area contributed by atoms with Gasteiger partial charge in [-0.25, -0.2) is 5.84 Å². The Kier molecular flexibility index (Phi) is 8.72. The van der Waals surface area contributed by atoms with Gasteiger partial charge in [-0.3, -0.25) is 4.98 Å². The Morgan fingerprint density at radius 1 is 1.08 bits per heavy atom. The zero-order valence-electron chi connectivity index (χ0n) is 23.0. The lowest BCUT2D eigenvalue weighted by atomic mass is 9.97. The summed E-state index contributed by atoms with van der Waals surface area (Å²) in [5.41, 5.74) is 12.0. The van der Waals surface area contributed by atoms with E-state index in [4.69, 9.17) is 21.3 Å². The van der Waals surface area contributed by atoms with Gasteiger partial charge in [0.05, 0.1) is 27.8 Å². The molecule has 3 heterocycles. The molecule has 0 aliphatic carbocycles. The number of fused-ring (bicyclic) bond motifs is 3. The van der Waals surface area contributed by atoms with Gasteiger partial charge in [-0.05, 0) is 63.3 Å². The molecule has 7 heteroatoms. The van der Waals surface area contributed by atoms with Crippen LogP contribution in [0.3, 0.4) is 0 Å². The first-order valence-electron chi connectivity index (χ1n) is 13.3. The number of rotatable bonds is 6. The van der Waals surface area contributed by atoms with Crippen molar-refractivity contribution in [3.05, 3.63) is 83.7 Å². The first kappa shape index (κ1) is 27.6. The van der Waals surface area contributed by atoms with Crippen LogP contribution in [0.5, 0.6) is 0 Å². The second-order valence-electron chi connectivity index (χ2n) is 10.9. The van der Waals surface area contributed by atoms with Crippen LogP contribution in [0.1, 0.15) is 44.7 Å². The number of pyridine rings is 1. The van der Waals surface area contributed by atoms with Crippen LogP contribution in [-0.2, 0) is 17.7 Å². The molecule has 4 aromatic rings. The second kappa shape index (κ2) is 12.0. The van der Waals surface area contributed by atoms with Crippen LogP contribution in [0.15, 0.2) is 72.6 Å². The lowest BCUT2D eigenvalue weighted by Crippen LogP contribution is -2.26. The molecule has 1 fully saturated rings. The maximum absolute atomic E-state index is 10.3. The van der Waals surface area contributed by atoms with E-state index in [1.165, 1.54) is 0 Å². The van der Waals surface area contributed by atoms with Gasteiger partial charge in [0, 0.05) is 56.1 Å². The summed E-state index contributed by atoms with van der Waals surface area (Å²) in [7, 11) is 1.79. The minimum absolute atomic E-state index is 0.561. The van der Waals surface area contributed by atoms with E-state index in [9.17, 15) is 5.11 Å². The molecule has 0 atom stereocenters. The summed E-state index contributed by atoms with van der Waals surface area (Å²) >= 11 is 0. The van der Waals surface area contributed by atoms with Gasteiger partial charge < -0.3 is 25.2 Å². The number of hydrogen-bond acceptors (Lipinski definition) is 6. The Balaban J connectivity index is 0.000000494. The maximum Gasteiger partial charge on any atom is 0.0960 e. The first-order valence-corrected chi connectivity index (χ1v) is 13.3. The highest BCUT2D eigenvalue weighted by Gasteiger charge is 2.21. The number of allylic oxidation sites excluding steroid dienone is 1. The molecule has 1 saturated heterocycles. The van der Waals surface area contributed by atoms with Crippen LogP contribution < -0.4 is 11.6 Å². The lowest BCUT2D eigenvalue weighted by molar-refractivity contribution is 0.0620. The fourth-order valence-electron chi connectivity index (χ4n) is 5.22. The predicted molar refractivity (Wildman–Crippen MR) is 156 cm³/mol. The van der Waals surface area contributed by atoms with Crippen LogP contribution in [0.25, 0.3) is 27.6 Å². The first-order chi connectivity index (χ1) is 18.1. The third kappa shape index (κ3) is 6.72. The molecular formula is C31H41N5O2. The van der Waals surface area contributed by atoms with Crippen molar-refractivity contribution in [1.82, 2.24) is 14.6 Å². The minimum Gasteiger partial charge on any atom is -0.401 e. The van der Waals surface area contributed by atoms with E-state index in [0.717, 1.165) is 71.4 Å². The zero-order valence-corrected chi connectivity index (χ0v) is 23.0. The van der Waals surface area contributed by atoms with E-state index in [1.54, 1.807) is 12.1 Å². The quantitative estimate of drug-likeness (QED) is 0.245. The Morgan fingerprint density at radius 2 is 1.71 bits per heavy atom. The fraction of sp³-hybridized carbons (Fsp3) is 0.387. The fourth-order valence-corrected chi connectivity index (χ4v) is 5.22. The van der Waals surface area contributed by atoms with E-state index in [2.05, 4.69) is 28.8 Å². The zero-order chi connectivity index (χ0) is 27.3. The highest BCUT2D eigenvalue weighted by Crippen LogP contribution is 2.33. The van der Waals surface area contributed by atoms with Crippen LogP contribution in [0, 0.1) is 5.92 Å². The molecule has 7 nitrogen and oxygen atoms in total. The average molecular weight is 516 g/mol. The SMILES string of the molecule is C/C(N)=C(\c1cnc2c3cc(CC(C)(C)O)ccc3n(CC3CCOCC3)c2c1)N(C)N.c1ccccc1. The number of nitrogens with two attached hydrogens (primary N) is 2. The Bertz CT molecular complexity index is 1350. The monoisotopic (exact) mass is 515 g/mol. The number of nitrogens with zero attached hydrogens (tertiary/aromatic N) is 3. The molecule has 0 spiro atoms. The molecule has 5 rings (SSSR count). The molecular weight excluding hydrogens is 474 g/mol. The van der Waals surface area contributed by atoms with Crippen molar-refractivity contribution in [2.75, 3.05) is 20.3 Å². The molecule has 5 N–H and O–H groups in total.